The summed E-state index contributed by atoms with van der Waals surface area (Å²) in [6.45, 7) is 14.5. The van der Waals surface area contributed by atoms with E-state index in [1.54, 1.807) is 18.3 Å². The van der Waals surface area contributed by atoms with Crippen LogP contribution in [0.4, 0.5) is 13.2 Å². The Morgan fingerprint density at radius 2 is 1.77 bits per heavy atom. The fourth-order valence-corrected chi connectivity index (χ4v) is 4.35. The van der Waals surface area contributed by atoms with Gasteiger partial charge in [0.25, 0.3) is 0 Å². The Labute approximate surface area is 236 Å². The van der Waals surface area contributed by atoms with Crippen LogP contribution in [-0.4, -0.2) is 62.7 Å². The lowest BCUT2D eigenvalue weighted by atomic mass is 9.96. The van der Waals surface area contributed by atoms with Gasteiger partial charge in [0, 0.05) is 24.5 Å². The number of amides is 1. The fourth-order valence-electron chi connectivity index (χ4n) is 4.35. The Balaban J connectivity index is 0.00000254. The molecule has 0 saturated carbocycles. The highest BCUT2D eigenvalue weighted by Gasteiger charge is 2.30. The molecule has 0 aliphatic carbocycles. The third-order valence-electron chi connectivity index (χ3n) is 6.63. The number of nitrogens with zero attached hydrogens (tertiary/aromatic N) is 2. The molecule has 2 rings (SSSR count). The maximum Gasteiger partial charge on any atom is 0.416 e. The minimum absolute atomic E-state index is 0.0206. The average molecular weight is 562 g/mol. The summed E-state index contributed by atoms with van der Waals surface area (Å²) in [6.07, 6.45) is 3.35. The lowest BCUT2D eigenvalue weighted by molar-refractivity contribution is -0.889. The summed E-state index contributed by atoms with van der Waals surface area (Å²) < 4.78 is 40.0. The second-order valence-corrected chi connectivity index (χ2v) is 10.1. The number of quaternary nitrogens is 1. The Morgan fingerprint density at radius 3 is 2.27 bits per heavy atom. The van der Waals surface area contributed by atoms with Crippen molar-refractivity contribution in [3.63, 3.8) is 0 Å². The molecule has 1 aromatic carbocycles. The van der Waals surface area contributed by atoms with Crippen LogP contribution >= 0.6 is 0 Å². The van der Waals surface area contributed by atoms with Crippen molar-refractivity contribution in [3.8, 4) is 0 Å². The molecule has 2 aromatic rings. The van der Waals surface area contributed by atoms with Gasteiger partial charge in [-0.15, -0.1) is 0 Å². The maximum atomic E-state index is 13.1. The Kier molecular flexibility index (Phi) is 14.3. The van der Waals surface area contributed by atoms with E-state index in [0.29, 0.717) is 13.0 Å². The van der Waals surface area contributed by atoms with Gasteiger partial charge in [0.1, 0.15) is 0 Å². The number of hydrogen-bond acceptors (Lipinski definition) is 5. The Morgan fingerprint density at radius 1 is 1.15 bits per heavy atom. The number of likely N-dealkylation sites (N-methyl/N-ethyl adjacent to an activating group) is 2. The van der Waals surface area contributed by atoms with Gasteiger partial charge in [0.2, 0.25) is 6.41 Å². The molecule has 0 spiro atoms. The molecule has 0 radical (unpaired) electrons. The van der Waals surface area contributed by atoms with E-state index in [2.05, 4.69) is 55.2 Å². The zero-order valence-electron chi connectivity index (χ0n) is 23.8. The molecule has 10 heteroatoms. The largest absolute Gasteiger partial charge is 0.416 e. The number of pyridine rings is 1. The van der Waals surface area contributed by atoms with E-state index in [4.69, 9.17) is 10.5 Å². The van der Waals surface area contributed by atoms with E-state index in [1.165, 1.54) is 12.1 Å². The second kappa shape index (κ2) is 16.6. The predicted octanol–water partition coefficient (Wildman–Crippen LogP) is 4.28. The van der Waals surface area contributed by atoms with E-state index < -0.39 is 11.7 Å². The van der Waals surface area contributed by atoms with Gasteiger partial charge < -0.3 is 26.6 Å². The van der Waals surface area contributed by atoms with Crippen LogP contribution in [0.15, 0.2) is 62.0 Å². The summed E-state index contributed by atoms with van der Waals surface area (Å²) in [6, 6.07) is 7.02. The molecule has 0 saturated heterocycles. The smallest absolute Gasteiger partial charge is 0.380 e. The number of alkyl halides is 3. The number of rotatable bonds is 15. The van der Waals surface area contributed by atoms with Gasteiger partial charge in [-0.3, -0.25) is 9.78 Å². The fraction of sp³-hybridized carbons (Fsp3) is 0.400. The maximum absolute atomic E-state index is 13.1. The summed E-state index contributed by atoms with van der Waals surface area (Å²) in [4.78, 5) is 13.1. The van der Waals surface area contributed by atoms with Crippen molar-refractivity contribution in [1.29, 1.82) is 0 Å². The third kappa shape index (κ3) is 11.3. The van der Waals surface area contributed by atoms with Gasteiger partial charge in [-0.1, -0.05) is 37.9 Å². The quantitative estimate of drug-likeness (QED) is 0.192. The van der Waals surface area contributed by atoms with E-state index in [9.17, 15) is 13.2 Å². The van der Waals surface area contributed by atoms with Crippen LogP contribution in [0.3, 0.4) is 0 Å². The van der Waals surface area contributed by atoms with Crippen molar-refractivity contribution in [3.05, 3.63) is 89.9 Å². The molecule has 220 valence electrons. The van der Waals surface area contributed by atoms with E-state index in [0.717, 1.165) is 70.6 Å². The SMILES string of the molecule is C=Cc1cc([C@@H](Cc2ccc(C(F)(F)F)cc2)NC(=C)C(CCC[N+](C)(C)CCN)NC)cnc1C=C.NC=O. The molecule has 0 aliphatic rings. The highest BCUT2D eigenvalue weighted by atomic mass is 19.4. The number of aromatic nitrogens is 1. The summed E-state index contributed by atoms with van der Waals surface area (Å²) in [5, 5.41) is 6.88. The molecule has 1 amide bonds. The van der Waals surface area contributed by atoms with E-state index in [-0.39, 0.29) is 18.5 Å². The van der Waals surface area contributed by atoms with Gasteiger partial charge in [-0.05, 0) is 67.3 Å². The standard InChI is InChI=1S/C29H41F3N5.CH3NO/c1-7-23-19-24(20-35-26(23)8-2)28(18-22-11-13-25(14-12-22)29(30,31)32)36-21(3)27(34-4)10-9-16-37(5,6)17-15-33;2-1-3/h7-8,11-14,19-20,27-28,34,36H,1-3,9-10,15-18,33H2,4-6H3;1H,(H2,2,3)/q+1;/t27?,28-;/m1./s1. The number of carbonyl (C=O) groups excluding carboxylic acids is 1. The van der Waals surface area contributed by atoms with E-state index in [1.807, 2.05) is 13.1 Å². The monoisotopic (exact) mass is 561 g/mol. The van der Waals surface area contributed by atoms with Crippen LogP contribution in [0.1, 0.15) is 46.8 Å². The molecule has 7 nitrogen and oxygen atoms in total. The number of hydrogen-bond donors (Lipinski definition) is 4. The van der Waals surface area contributed by atoms with Gasteiger partial charge in [-0.25, -0.2) is 0 Å². The Hall–Kier alpha value is -3.47. The summed E-state index contributed by atoms with van der Waals surface area (Å²) in [5.41, 5.74) is 13.3. The number of carbonyl (C=O) groups is 1. The topological polar surface area (TPSA) is 106 Å². The molecule has 1 heterocycles. The average Bonchev–Trinajstić information content (AvgIpc) is 2.90. The molecule has 1 unspecified atom stereocenters. The normalized spacial score (nSPS) is 12.9. The van der Waals surface area contributed by atoms with Gasteiger partial charge in [0.05, 0.1) is 44.5 Å². The van der Waals surface area contributed by atoms with Crippen molar-refractivity contribution in [2.24, 2.45) is 11.5 Å². The molecule has 1 aromatic heterocycles. The van der Waals surface area contributed by atoms with Crippen molar-refractivity contribution in [2.75, 3.05) is 40.8 Å². The number of nitrogens with one attached hydrogen (secondary N) is 2. The predicted molar refractivity (Wildman–Crippen MR) is 158 cm³/mol. The first-order chi connectivity index (χ1) is 18.8. The first-order valence-electron chi connectivity index (χ1n) is 13.1. The lowest BCUT2D eigenvalue weighted by Gasteiger charge is -2.31. The number of benzene rings is 1. The van der Waals surface area contributed by atoms with Gasteiger partial charge >= 0.3 is 6.18 Å². The number of primary amides is 1. The zero-order valence-corrected chi connectivity index (χ0v) is 23.8. The Bertz CT molecular complexity index is 1100. The van der Waals surface area contributed by atoms with Gasteiger partial charge in [-0.2, -0.15) is 13.2 Å². The highest BCUT2D eigenvalue weighted by Crippen LogP contribution is 2.30. The van der Waals surface area contributed by atoms with Crippen molar-refractivity contribution >= 4 is 18.6 Å². The number of nitrogens with two attached hydrogens (primary N) is 2. The minimum Gasteiger partial charge on any atom is -0.380 e. The van der Waals surface area contributed by atoms with Crippen LogP contribution in [-0.2, 0) is 17.4 Å². The molecule has 2 atom stereocenters. The van der Waals surface area contributed by atoms with Crippen molar-refractivity contribution < 1.29 is 22.4 Å². The molecular weight excluding hydrogens is 517 g/mol. The van der Waals surface area contributed by atoms with Crippen molar-refractivity contribution in [2.45, 2.75) is 37.5 Å². The van der Waals surface area contributed by atoms with Crippen LogP contribution in [0.5, 0.6) is 0 Å². The minimum atomic E-state index is -4.37. The highest BCUT2D eigenvalue weighted by molar-refractivity contribution is 5.61. The molecular formula is C30H44F3N6O+. The summed E-state index contributed by atoms with van der Waals surface area (Å²) in [5.74, 6) is 0. The molecule has 6 N–H and O–H groups in total. The first-order valence-corrected chi connectivity index (χ1v) is 13.1. The second-order valence-electron chi connectivity index (χ2n) is 10.1. The van der Waals surface area contributed by atoms with Crippen LogP contribution < -0.4 is 22.1 Å². The van der Waals surface area contributed by atoms with Crippen LogP contribution in [0.25, 0.3) is 12.2 Å². The van der Waals surface area contributed by atoms with Crippen LogP contribution in [0, 0.1) is 0 Å². The third-order valence-corrected chi connectivity index (χ3v) is 6.63. The first kappa shape index (κ1) is 34.6. The molecule has 40 heavy (non-hydrogen) atoms. The molecule has 0 bridgehead atoms. The van der Waals surface area contributed by atoms with Gasteiger partial charge in [0.15, 0.2) is 0 Å². The molecule has 0 fully saturated rings. The van der Waals surface area contributed by atoms with Crippen LogP contribution in [0.2, 0.25) is 0 Å². The van der Waals surface area contributed by atoms with E-state index >= 15 is 0 Å². The molecule has 0 aliphatic heterocycles. The summed E-state index contributed by atoms with van der Waals surface area (Å²) >= 11 is 0. The number of halogens is 3. The lowest BCUT2D eigenvalue weighted by Crippen LogP contribution is -2.45. The summed E-state index contributed by atoms with van der Waals surface area (Å²) in [7, 11) is 6.25. The zero-order chi connectivity index (χ0) is 30.3. The van der Waals surface area contributed by atoms with Crippen molar-refractivity contribution in [1.82, 2.24) is 15.6 Å².